The molecule has 1 fully saturated rings. The fraction of sp³-hybridized carbons (Fsp3) is 0.579. The van der Waals surface area contributed by atoms with Crippen molar-refractivity contribution in [3.05, 3.63) is 30.1 Å². The van der Waals surface area contributed by atoms with Gasteiger partial charge in [-0.05, 0) is 58.0 Å². The van der Waals surface area contributed by atoms with Crippen molar-refractivity contribution >= 4 is 17.1 Å². The van der Waals surface area contributed by atoms with E-state index in [-0.39, 0.29) is 6.03 Å². The van der Waals surface area contributed by atoms with Gasteiger partial charge in [0.2, 0.25) is 0 Å². The lowest BCUT2D eigenvalue weighted by Crippen LogP contribution is -2.41. The Morgan fingerprint density at radius 2 is 2.12 bits per heavy atom. The Bertz CT molecular complexity index is 644. The third-order valence-corrected chi connectivity index (χ3v) is 4.85. The van der Waals surface area contributed by atoms with Gasteiger partial charge in [-0.2, -0.15) is 0 Å². The van der Waals surface area contributed by atoms with E-state index in [0.29, 0.717) is 13.1 Å². The lowest BCUT2D eigenvalue weighted by atomic mass is 10.3. The lowest BCUT2D eigenvalue weighted by Gasteiger charge is -2.21. The molecule has 1 saturated heterocycles. The number of hydrogen-bond donors (Lipinski definition) is 2. The molecule has 0 radical (unpaired) electrons. The molecule has 0 spiro atoms. The van der Waals surface area contributed by atoms with Crippen LogP contribution in [0.5, 0.6) is 0 Å². The summed E-state index contributed by atoms with van der Waals surface area (Å²) >= 11 is 0. The van der Waals surface area contributed by atoms with Gasteiger partial charge in [0.05, 0.1) is 11.0 Å². The minimum atomic E-state index is 0.0278. The first-order valence-corrected chi connectivity index (χ1v) is 9.45. The number of amides is 2. The van der Waals surface area contributed by atoms with Crippen LogP contribution in [0.2, 0.25) is 0 Å². The third-order valence-electron chi connectivity index (χ3n) is 4.85. The number of fused-ring (bicyclic) bond motifs is 1. The summed E-state index contributed by atoms with van der Waals surface area (Å²) in [5.41, 5.74) is 2.03. The number of para-hydroxylation sites is 2. The van der Waals surface area contributed by atoms with Gasteiger partial charge in [-0.3, -0.25) is 0 Å². The molecule has 6 nitrogen and oxygen atoms in total. The predicted molar refractivity (Wildman–Crippen MR) is 101 cm³/mol. The standard InChI is InChI=1S/C19H29N5O/c1-2-24(19(25)20-11-7-14-23-12-5-6-13-23)15-10-18-21-16-8-3-4-9-17(16)22-18/h3-4,8-9H,2,5-7,10-15H2,1H3,(H,20,25)(H,21,22). The largest absolute Gasteiger partial charge is 0.342 e. The number of likely N-dealkylation sites (tertiary alicyclic amines) is 1. The highest BCUT2D eigenvalue weighted by Gasteiger charge is 2.13. The molecule has 0 saturated carbocycles. The van der Waals surface area contributed by atoms with E-state index in [2.05, 4.69) is 20.2 Å². The zero-order chi connectivity index (χ0) is 17.5. The fourth-order valence-electron chi connectivity index (χ4n) is 3.38. The van der Waals surface area contributed by atoms with Crippen LogP contribution < -0.4 is 5.32 Å². The predicted octanol–water partition coefficient (Wildman–Crippen LogP) is 2.62. The van der Waals surface area contributed by atoms with Crippen molar-refractivity contribution in [2.24, 2.45) is 0 Å². The van der Waals surface area contributed by atoms with Crippen molar-refractivity contribution < 1.29 is 4.79 Å². The maximum atomic E-state index is 12.3. The number of carbonyl (C=O) groups excluding carboxylic acids is 1. The fourth-order valence-corrected chi connectivity index (χ4v) is 3.38. The number of likely N-dealkylation sites (N-methyl/N-ethyl adjacent to an activating group) is 1. The van der Waals surface area contributed by atoms with E-state index in [4.69, 9.17) is 0 Å². The van der Waals surface area contributed by atoms with E-state index in [1.165, 1.54) is 25.9 Å². The zero-order valence-electron chi connectivity index (χ0n) is 15.1. The van der Waals surface area contributed by atoms with Gasteiger partial charge in [0.15, 0.2) is 0 Å². The van der Waals surface area contributed by atoms with E-state index in [9.17, 15) is 4.79 Å². The van der Waals surface area contributed by atoms with Crippen LogP contribution in [0.15, 0.2) is 24.3 Å². The van der Waals surface area contributed by atoms with E-state index in [0.717, 1.165) is 42.8 Å². The molecule has 0 atom stereocenters. The second-order valence-electron chi connectivity index (χ2n) is 6.66. The normalized spacial score (nSPS) is 14.9. The molecule has 0 aliphatic carbocycles. The molecule has 1 aliphatic heterocycles. The first-order valence-electron chi connectivity index (χ1n) is 9.45. The molecule has 1 aliphatic rings. The number of hydrogen-bond acceptors (Lipinski definition) is 3. The van der Waals surface area contributed by atoms with Crippen molar-refractivity contribution in [2.45, 2.75) is 32.6 Å². The summed E-state index contributed by atoms with van der Waals surface area (Å²) in [4.78, 5) is 24.6. The van der Waals surface area contributed by atoms with Crippen molar-refractivity contribution in [1.29, 1.82) is 0 Å². The van der Waals surface area contributed by atoms with E-state index >= 15 is 0 Å². The Hall–Kier alpha value is -2.08. The van der Waals surface area contributed by atoms with Crippen LogP contribution in [0.1, 0.15) is 32.0 Å². The molecule has 2 amide bonds. The number of benzene rings is 1. The minimum absolute atomic E-state index is 0.0278. The average Bonchev–Trinajstić information content (AvgIpc) is 3.28. The Labute approximate surface area is 149 Å². The molecule has 25 heavy (non-hydrogen) atoms. The number of nitrogens with one attached hydrogen (secondary N) is 2. The van der Waals surface area contributed by atoms with Gasteiger partial charge in [-0.1, -0.05) is 12.1 Å². The zero-order valence-corrected chi connectivity index (χ0v) is 15.1. The summed E-state index contributed by atoms with van der Waals surface area (Å²) < 4.78 is 0. The Balaban J connectivity index is 1.40. The molecular formula is C19H29N5O. The Morgan fingerprint density at radius 1 is 1.32 bits per heavy atom. The van der Waals surface area contributed by atoms with Gasteiger partial charge < -0.3 is 20.1 Å². The van der Waals surface area contributed by atoms with Crippen LogP contribution in [0, 0.1) is 0 Å². The summed E-state index contributed by atoms with van der Waals surface area (Å²) in [6.45, 7) is 7.66. The van der Waals surface area contributed by atoms with Crippen molar-refractivity contribution in [3.8, 4) is 0 Å². The smallest absolute Gasteiger partial charge is 0.317 e. The second-order valence-corrected chi connectivity index (χ2v) is 6.66. The average molecular weight is 343 g/mol. The molecule has 6 heteroatoms. The topological polar surface area (TPSA) is 64.3 Å². The van der Waals surface area contributed by atoms with Crippen molar-refractivity contribution in [1.82, 2.24) is 25.1 Å². The number of aromatic amines is 1. The Morgan fingerprint density at radius 3 is 2.88 bits per heavy atom. The number of nitrogens with zero attached hydrogens (tertiary/aromatic N) is 3. The van der Waals surface area contributed by atoms with Gasteiger partial charge in [0.1, 0.15) is 5.82 Å². The molecule has 2 N–H and O–H groups in total. The molecular weight excluding hydrogens is 314 g/mol. The summed E-state index contributed by atoms with van der Waals surface area (Å²) in [7, 11) is 0. The van der Waals surface area contributed by atoms with E-state index < -0.39 is 0 Å². The highest BCUT2D eigenvalue weighted by Crippen LogP contribution is 2.11. The van der Waals surface area contributed by atoms with Crippen molar-refractivity contribution in [2.75, 3.05) is 39.3 Å². The highest BCUT2D eigenvalue weighted by molar-refractivity contribution is 5.75. The first kappa shape index (κ1) is 17.7. The second kappa shape index (κ2) is 8.85. The van der Waals surface area contributed by atoms with Gasteiger partial charge >= 0.3 is 6.03 Å². The molecule has 2 aromatic rings. The number of urea groups is 1. The van der Waals surface area contributed by atoms with Crippen LogP contribution in [-0.2, 0) is 6.42 Å². The number of rotatable bonds is 8. The quantitative estimate of drug-likeness (QED) is 0.724. The Kier molecular flexibility index (Phi) is 6.28. The molecule has 3 rings (SSSR count). The van der Waals surface area contributed by atoms with Crippen LogP contribution in [-0.4, -0.2) is 65.1 Å². The van der Waals surface area contributed by atoms with Crippen LogP contribution in [0.4, 0.5) is 4.79 Å². The van der Waals surface area contributed by atoms with Gasteiger partial charge in [0.25, 0.3) is 0 Å². The number of imidazole rings is 1. The van der Waals surface area contributed by atoms with Crippen LogP contribution >= 0.6 is 0 Å². The summed E-state index contributed by atoms with van der Waals surface area (Å²) in [6, 6.07) is 8.04. The molecule has 1 aromatic carbocycles. The van der Waals surface area contributed by atoms with E-state index in [1.807, 2.05) is 36.1 Å². The van der Waals surface area contributed by atoms with Gasteiger partial charge in [0, 0.05) is 26.1 Å². The molecule has 0 unspecified atom stereocenters. The lowest BCUT2D eigenvalue weighted by molar-refractivity contribution is 0.200. The monoisotopic (exact) mass is 343 g/mol. The highest BCUT2D eigenvalue weighted by atomic mass is 16.2. The maximum absolute atomic E-state index is 12.3. The number of H-pyrrole nitrogens is 1. The maximum Gasteiger partial charge on any atom is 0.317 e. The van der Waals surface area contributed by atoms with Crippen LogP contribution in [0.3, 0.4) is 0 Å². The van der Waals surface area contributed by atoms with E-state index in [1.54, 1.807) is 0 Å². The molecule has 2 heterocycles. The van der Waals surface area contributed by atoms with Gasteiger partial charge in [-0.15, -0.1) is 0 Å². The van der Waals surface area contributed by atoms with Crippen LogP contribution in [0.25, 0.3) is 11.0 Å². The van der Waals surface area contributed by atoms with Gasteiger partial charge in [-0.25, -0.2) is 9.78 Å². The third kappa shape index (κ3) is 4.95. The summed E-state index contributed by atoms with van der Waals surface area (Å²) in [6.07, 6.45) is 4.39. The molecule has 0 bridgehead atoms. The number of carbonyl (C=O) groups is 1. The SMILES string of the molecule is CCN(CCc1nc2ccccc2[nH]1)C(=O)NCCCN1CCCC1. The summed E-state index contributed by atoms with van der Waals surface area (Å²) in [5.74, 6) is 0.932. The molecule has 136 valence electrons. The molecule has 1 aromatic heterocycles. The van der Waals surface area contributed by atoms with Crippen molar-refractivity contribution in [3.63, 3.8) is 0 Å². The first-order chi connectivity index (χ1) is 12.3. The minimum Gasteiger partial charge on any atom is -0.342 e. The number of aromatic nitrogens is 2. The summed E-state index contributed by atoms with van der Waals surface area (Å²) in [5, 5.41) is 3.05.